The molecule has 15 heavy (non-hydrogen) atoms. The molecule has 1 aliphatic heterocycles. The molecule has 0 saturated carbocycles. The zero-order chi connectivity index (χ0) is 10.7. The van der Waals surface area contributed by atoms with E-state index in [0.29, 0.717) is 6.54 Å². The van der Waals surface area contributed by atoms with Crippen LogP contribution in [-0.2, 0) is 11.3 Å². The first-order valence-electron chi connectivity index (χ1n) is 5.22. The molecule has 0 saturated heterocycles. The number of carbonyl (C=O) groups excluding carboxylic acids is 1. The van der Waals surface area contributed by atoms with Gasteiger partial charge in [-0.2, -0.15) is 0 Å². The third-order valence-electron chi connectivity index (χ3n) is 2.46. The second-order valence-corrected chi connectivity index (χ2v) is 3.59. The van der Waals surface area contributed by atoms with Crippen molar-refractivity contribution in [2.24, 2.45) is 4.99 Å². The van der Waals surface area contributed by atoms with Gasteiger partial charge in [-0.1, -0.05) is 25.1 Å². The Morgan fingerprint density at radius 3 is 3.00 bits per heavy atom. The molecule has 3 nitrogen and oxygen atoms in total. The zero-order valence-electron chi connectivity index (χ0n) is 8.81. The van der Waals surface area contributed by atoms with Crippen LogP contribution < -0.4 is 4.90 Å². The Morgan fingerprint density at radius 2 is 2.20 bits per heavy atom. The smallest absolute Gasteiger partial charge is 0.268 e. The van der Waals surface area contributed by atoms with Crippen molar-refractivity contribution < 1.29 is 4.79 Å². The van der Waals surface area contributed by atoms with Crippen LogP contribution in [0.3, 0.4) is 0 Å². The summed E-state index contributed by atoms with van der Waals surface area (Å²) < 4.78 is 0. The van der Waals surface area contributed by atoms with Gasteiger partial charge in [-0.25, -0.2) is 0 Å². The molecule has 0 spiro atoms. The summed E-state index contributed by atoms with van der Waals surface area (Å²) in [4.78, 5) is 17.7. The maximum Gasteiger partial charge on any atom is 0.268 e. The highest BCUT2D eigenvalue weighted by Crippen LogP contribution is 2.23. The molecule has 2 rings (SSSR count). The Labute approximate surface area is 89.4 Å². The Kier molecular flexibility index (Phi) is 2.81. The lowest BCUT2D eigenvalue weighted by Crippen LogP contribution is -2.32. The third kappa shape index (κ3) is 1.91. The van der Waals surface area contributed by atoms with Crippen molar-refractivity contribution in [3.63, 3.8) is 0 Å². The Bertz CT molecular complexity index is 398. The molecule has 0 fully saturated rings. The van der Waals surface area contributed by atoms with Crippen LogP contribution in [0.5, 0.6) is 0 Å². The van der Waals surface area contributed by atoms with E-state index < -0.39 is 0 Å². The summed E-state index contributed by atoms with van der Waals surface area (Å²) in [5, 5.41) is 0. The predicted octanol–water partition coefficient (Wildman–Crippen LogP) is 2.01. The lowest BCUT2D eigenvalue weighted by molar-refractivity contribution is -0.112. The number of aliphatic imine (C=N–C) groups is 1. The average Bonchev–Trinajstić information content (AvgIpc) is 2.40. The molecule has 1 amide bonds. The molecule has 0 unspecified atom stereocenters. The molecule has 0 bridgehead atoms. The number of para-hydroxylation sites is 1. The number of anilines is 1. The van der Waals surface area contributed by atoms with Gasteiger partial charge in [0.25, 0.3) is 5.91 Å². The molecule has 0 atom stereocenters. The fourth-order valence-electron chi connectivity index (χ4n) is 1.77. The molecule has 1 aromatic rings. The Morgan fingerprint density at radius 1 is 1.40 bits per heavy atom. The number of hydrogen-bond acceptors (Lipinski definition) is 2. The lowest BCUT2D eigenvalue weighted by Gasteiger charge is -2.21. The molecule has 0 radical (unpaired) electrons. The van der Waals surface area contributed by atoms with Crippen LogP contribution in [0.2, 0.25) is 0 Å². The minimum Gasteiger partial charge on any atom is -0.307 e. The van der Waals surface area contributed by atoms with Crippen molar-refractivity contribution in [2.45, 2.75) is 19.9 Å². The average molecular weight is 202 g/mol. The number of hydrogen-bond donors (Lipinski definition) is 0. The van der Waals surface area contributed by atoms with Crippen molar-refractivity contribution in [1.82, 2.24) is 0 Å². The second-order valence-electron chi connectivity index (χ2n) is 3.59. The van der Waals surface area contributed by atoms with Gasteiger partial charge < -0.3 is 4.90 Å². The molecule has 1 aromatic carbocycles. The van der Waals surface area contributed by atoms with Gasteiger partial charge in [-0.15, -0.1) is 0 Å². The summed E-state index contributed by atoms with van der Waals surface area (Å²) >= 11 is 0. The SMILES string of the molecule is CCCN1C(=O)C=NCc2ccccc21. The first-order valence-corrected chi connectivity index (χ1v) is 5.22. The van der Waals surface area contributed by atoms with E-state index in [1.54, 1.807) is 4.90 Å². The minimum atomic E-state index is -0.0122. The maximum atomic E-state index is 11.7. The van der Waals surface area contributed by atoms with Crippen LogP contribution in [0.4, 0.5) is 5.69 Å². The van der Waals surface area contributed by atoms with E-state index in [1.165, 1.54) is 6.21 Å². The highest BCUT2D eigenvalue weighted by atomic mass is 16.2. The number of nitrogens with zero attached hydrogens (tertiary/aromatic N) is 2. The zero-order valence-corrected chi connectivity index (χ0v) is 8.81. The number of amides is 1. The van der Waals surface area contributed by atoms with E-state index >= 15 is 0 Å². The first kappa shape index (κ1) is 9.90. The summed E-state index contributed by atoms with van der Waals surface area (Å²) in [6.45, 7) is 3.42. The van der Waals surface area contributed by atoms with Crippen LogP contribution in [0.1, 0.15) is 18.9 Å². The molecular weight excluding hydrogens is 188 g/mol. The molecule has 78 valence electrons. The van der Waals surface area contributed by atoms with Gasteiger partial charge in [0.15, 0.2) is 0 Å². The molecule has 0 N–H and O–H groups in total. The summed E-state index contributed by atoms with van der Waals surface area (Å²) in [7, 11) is 0. The highest BCUT2D eigenvalue weighted by molar-refractivity contribution is 6.33. The summed E-state index contributed by atoms with van der Waals surface area (Å²) in [6.07, 6.45) is 2.38. The van der Waals surface area contributed by atoms with E-state index in [2.05, 4.69) is 11.9 Å². The normalized spacial score (nSPS) is 15.0. The van der Waals surface area contributed by atoms with E-state index in [1.807, 2.05) is 24.3 Å². The van der Waals surface area contributed by atoms with Gasteiger partial charge in [0.2, 0.25) is 0 Å². The number of fused-ring (bicyclic) bond motifs is 1. The standard InChI is InChI=1S/C12H14N2O/c1-2-7-14-11-6-4-3-5-10(11)8-13-9-12(14)15/h3-6,9H,2,7-8H2,1H3. The van der Waals surface area contributed by atoms with Crippen LogP contribution in [-0.4, -0.2) is 18.7 Å². The molecule has 0 aromatic heterocycles. The monoisotopic (exact) mass is 202 g/mol. The number of rotatable bonds is 2. The van der Waals surface area contributed by atoms with Crippen LogP contribution in [0.25, 0.3) is 0 Å². The fraction of sp³-hybridized carbons (Fsp3) is 0.333. The fourth-order valence-corrected chi connectivity index (χ4v) is 1.77. The Balaban J connectivity index is 2.43. The molecule has 1 aliphatic rings. The van der Waals surface area contributed by atoms with E-state index in [0.717, 1.165) is 24.2 Å². The van der Waals surface area contributed by atoms with Crippen molar-refractivity contribution in [3.05, 3.63) is 29.8 Å². The van der Waals surface area contributed by atoms with Crippen molar-refractivity contribution >= 4 is 17.8 Å². The van der Waals surface area contributed by atoms with Gasteiger partial charge in [0, 0.05) is 12.2 Å². The first-order chi connectivity index (χ1) is 7.33. The largest absolute Gasteiger partial charge is 0.307 e. The minimum absolute atomic E-state index is 0.0122. The van der Waals surface area contributed by atoms with Crippen LogP contribution in [0.15, 0.2) is 29.3 Å². The van der Waals surface area contributed by atoms with E-state index in [9.17, 15) is 4.79 Å². The number of benzene rings is 1. The summed E-state index contributed by atoms with van der Waals surface area (Å²) in [6, 6.07) is 7.94. The van der Waals surface area contributed by atoms with E-state index in [4.69, 9.17) is 0 Å². The van der Waals surface area contributed by atoms with Crippen molar-refractivity contribution in [2.75, 3.05) is 11.4 Å². The molecule has 1 heterocycles. The third-order valence-corrected chi connectivity index (χ3v) is 2.46. The summed E-state index contributed by atoms with van der Waals surface area (Å²) in [5.74, 6) is -0.0122. The molecular formula is C12H14N2O. The van der Waals surface area contributed by atoms with Crippen molar-refractivity contribution in [1.29, 1.82) is 0 Å². The lowest BCUT2D eigenvalue weighted by atomic mass is 10.1. The maximum absolute atomic E-state index is 11.7. The second kappa shape index (κ2) is 4.26. The van der Waals surface area contributed by atoms with Gasteiger partial charge in [0.05, 0.1) is 12.8 Å². The van der Waals surface area contributed by atoms with Gasteiger partial charge in [-0.3, -0.25) is 9.79 Å². The Hall–Kier alpha value is -1.64. The predicted molar refractivity (Wildman–Crippen MR) is 61.3 cm³/mol. The van der Waals surface area contributed by atoms with Gasteiger partial charge >= 0.3 is 0 Å². The quantitative estimate of drug-likeness (QED) is 0.722. The van der Waals surface area contributed by atoms with Crippen LogP contribution >= 0.6 is 0 Å². The summed E-state index contributed by atoms with van der Waals surface area (Å²) in [5.41, 5.74) is 2.12. The molecule has 3 heteroatoms. The van der Waals surface area contributed by atoms with Gasteiger partial charge in [-0.05, 0) is 18.1 Å². The highest BCUT2D eigenvalue weighted by Gasteiger charge is 2.17. The van der Waals surface area contributed by atoms with Gasteiger partial charge in [0.1, 0.15) is 0 Å². The van der Waals surface area contributed by atoms with E-state index in [-0.39, 0.29) is 5.91 Å². The van der Waals surface area contributed by atoms with Crippen LogP contribution in [0, 0.1) is 0 Å². The number of carbonyl (C=O) groups is 1. The topological polar surface area (TPSA) is 32.7 Å². The van der Waals surface area contributed by atoms with Crippen molar-refractivity contribution in [3.8, 4) is 0 Å². The molecule has 0 aliphatic carbocycles.